The molecule has 1 unspecified atom stereocenters. The molecule has 146 valence electrons. The van der Waals surface area contributed by atoms with E-state index in [9.17, 15) is 19.5 Å². The van der Waals surface area contributed by atoms with Gasteiger partial charge in [0.25, 0.3) is 5.91 Å². The second kappa shape index (κ2) is 9.15. The van der Waals surface area contributed by atoms with Crippen LogP contribution >= 0.6 is 11.6 Å². The highest BCUT2D eigenvalue weighted by molar-refractivity contribution is 6.32. The van der Waals surface area contributed by atoms with E-state index in [1.165, 1.54) is 0 Å². The summed E-state index contributed by atoms with van der Waals surface area (Å²) >= 11 is 6.07. The molecule has 0 radical (unpaired) electrons. The highest BCUT2D eigenvalue weighted by atomic mass is 35.5. The molecule has 1 amide bonds. The van der Waals surface area contributed by atoms with Gasteiger partial charge in [-0.05, 0) is 35.6 Å². The summed E-state index contributed by atoms with van der Waals surface area (Å²) in [5.41, 5.74) is 1.42. The fourth-order valence-corrected chi connectivity index (χ4v) is 3.23. The lowest BCUT2D eigenvalue weighted by molar-refractivity contribution is -0.144. The summed E-state index contributed by atoms with van der Waals surface area (Å²) < 4.78 is 5.01. The lowest BCUT2D eigenvalue weighted by atomic mass is 9.76. The number of carbonyl (C=O) groups is 3. The van der Waals surface area contributed by atoms with Gasteiger partial charge in [0, 0.05) is 16.5 Å². The van der Waals surface area contributed by atoms with Crippen LogP contribution in [0.15, 0.2) is 23.8 Å². The molecule has 0 fully saturated rings. The Kier molecular flexibility index (Phi) is 7.16. The maximum absolute atomic E-state index is 12.9. The van der Waals surface area contributed by atoms with Crippen LogP contribution in [0.2, 0.25) is 5.02 Å². The minimum Gasteiger partial charge on any atom is -0.464 e. The number of esters is 1. The molecule has 6 nitrogen and oxygen atoms in total. The first-order valence-corrected chi connectivity index (χ1v) is 9.29. The molecule has 0 saturated heterocycles. The van der Waals surface area contributed by atoms with Crippen molar-refractivity contribution in [3.8, 4) is 0 Å². The van der Waals surface area contributed by atoms with E-state index in [1.54, 1.807) is 18.2 Å². The van der Waals surface area contributed by atoms with E-state index in [0.717, 1.165) is 5.56 Å². The quantitative estimate of drug-likeness (QED) is 0.548. The van der Waals surface area contributed by atoms with Gasteiger partial charge in [0.05, 0.1) is 18.8 Å². The normalized spacial score (nSPS) is 16.4. The summed E-state index contributed by atoms with van der Waals surface area (Å²) in [5.74, 6) is -1.97. The van der Waals surface area contributed by atoms with Crippen molar-refractivity contribution in [1.29, 1.82) is 0 Å². The molecule has 27 heavy (non-hydrogen) atoms. The van der Waals surface area contributed by atoms with E-state index in [2.05, 4.69) is 5.32 Å². The number of ether oxygens (including phenoxy) is 1. The van der Waals surface area contributed by atoms with Crippen molar-refractivity contribution in [1.82, 2.24) is 5.32 Å². The van der Waals surface area contributed by atoms with Crippen LogP contribution in [0.25, 0.3) is 5.57 Å². The maximum atomic E-state index is 12.9. The highest BCUT2D eigenvalue weighted by Gasteiger charge is 2.36. The molecule has 0 spiro atoms. The van der Waals surface area contributed by atoms with Crippen molar-refractivity contribution in [2.24, 2.45) is 5.92 Å². The van der Waals surface area contributed by atoms with Crippen LogP contribution in [0.3, 0.4) is 0 Å². The summed E-state index contributed by atoms with van der Waals surface area (Å²) in [6, 6.07) is 5.07. The van der Waals surface area contributed by atoms with Crippen molar-refractivity contribution in [3.05, 3.63) is 39.9 Å². The number of aliphatic hydroxyl groups excluding tert-OH is 1. The number of ketones is 1. The Morgan fingerprint density at radius 1 is 1.33 bits per heavy atom. The number of hydrogen-bond acceptors (Lipinski definition) is 5. The van der Waals surface area contributed by atoms with E-state index in [1.807, 2.05) is 20.8 Å². The van der Waals surface area contributed by atoms with Gasteiger partial charge >= 0.3 is 5.97 Å². The molecule has 0 aliphatic heterocycles. The van der Waals surface area contributed by atoms with Crippen molar-refractivity contribution < 1.29 is 24.2 Å². The summed E-state index contributed by atoms with van der Waals surface area (Å²) in [6.45, 7) is 5.07. The van der Waals surface area contributed by atoms with Gasteiger partial charge in [-0.15, -0.1) is 0 Å². The van der Waals surface area contributed by atoms with Crippen LogP contribution in [0.1, 0.15) is 44.2 Å². The molecule has 2 rings (SSSR count). The molecule has 1 aliphatic carbocycles. The second-order valence-corrected chi connectivity index (χ2v) is 7.26. The largest absolute Gasteiger partial charge is 0.464 e. The number of Topliss-reactive ketones (excluding diaryl/α,β-unsaturated/α-hetero) is 1. The Bertz CT molecular complexity index is 785. The summed E-state index contributed by atoms with van der Waals surface area (Å²) in [4.78, 5) is 37.3. The van der Waals surface area contributed by atoms with Crippen LogP contribution in [0.4, 0.5) is 0 Å². The monoisotopic (exact) mass is 393 g/mol. The molecule has 0 bridgehead atoms. The van der Waals surface area contributed by atoms with Gasteiger partial charge in [0.2, 0.25) is 0 Å². The summed E-state index contributed by atoms with van der Waals surface area (Å²) in [7, 11) is 0. The molecule has 7 heteroatoms. The third-order valence-electron chi connectivity index (χ3n) is 4.34. The standard InChI is InChI=1S/C20H24ClNO5/c1-4-13-14-6-5-12(21)7-15(14)16(9-23)18(19(13)25)20(26)22-8-17(24)27-10-11(2)3/h5-7,11,13,23H,4,8-10H2,1-3H3,(H,22,26). The van der Waals surface area contributed by atoms with Gasteiger partial charge < -0.3 is 15.2 Å². The van der Waals surface area contributed by atoms with Crippen molar-refractivity contribution in [3.63, 3.8) is 0 Å². The van der Waals surface area contributed by atoms with Crippen molar-refractivity contribution in [2.75, 3.05) is 19.8 Å². The zero-order valence-electron chi connectivity index (χ0n) is 15.7. The smallest absolute Gasteiger partial charge is 0.325 e. The lowest BCUT2D eigenvalue weighted by Crippen LogP contribution is -2.37. The second-order valence-electron chi connectivity index (χ2n) is 6.83. The van der Waals surface area contributed by atoms with Gasteiger partial charge in [-0.1, -0.05) is 38.4 Å². The number of aliphatic hydroxyl groups is 1. The van der Waals surface area contributed by atoms with Crippen LogP contribution in [-0.4, -0.2) is 42.5 Å². The molecule has 1 aromatic rings. The Morgan fingerprint density at radius 3 is 2.63 bits per heavy atom. The van der Waals surface area contributed by atoms with Crippen LogP contribution in [0, 0.1) is 5.92 Å². The van der Waals surface area contributed by atoms with E-state index in [-0.39, 0.29) is 36.0 Å². The molecule has 1 atom stereocenters. The fourth-order valence-electron chi connectivity index (χ4n) is 3.06. The number of benzene rings is 1. The maximum Gasteiger partial charge on any atom is 0.325 e. The predicted molar refractivity (Wildman–Crippen MR) is 102 cm³/mol. The average Bonchev–Trinajstić information content (AvgIpc) is 2.63. The van der Waals surface area contributed by atoms with Crippen molar-refractivity contribution >= 4 is 34.8 Å². The van der Waals surface area contributed by atoms with Crippen LogP contribution in [0.5, 0.6) is 0 Å². The van der Waals surface area contributed by atoms with E-state index >= 15 is 0 Å². The number of hydrogen-bond donors (Lipinski definition) is 2. The molecule has 2 N–H and O–H groups in total. The Balaban J connectivity index is 2.30. The van der Waals surface area contributed by atoms with E-state index in [0.29, 0.717) is 17.0 Å². The highest BCUT2D eigenvalue weighted by Crippen LogP contribution is 2.39. The zero-order chi connectivity index (χ0) is 20.1. The number of amides is 1. The van der Waals surface area contributed by atoms with E-state index in [4.69, 9.17) is 16.3 Å². The van der Waals surface area contributed by atoms with Crippen LogP contribution < -0.4 is 5.32 Å². The fraction of sp³-hybridized carbons (Fsp3) is 0.450. The van der Waals surface area contributed by atoms with Gasteiger partial charge in [0.1, 0.15) is 6.54 Å². The van der Waals surface area contributed by atoms with Crippen LogP contribution in [-0.2, 0) is 19.1 Å². The topological polar surface area (TPSA) is 92.7 Å². The third-order valence-corrected chi connectivity index (χ3v) is 4.58. The Hall–Kier alpha value is -2.18. The number of nitrogens with one attached hydrogen (secondary N) is 1. The van der Waals surface area contributed by atoms with Gasteiger partial charge in [-0.25, -0.2) is 0 Å². The molecule has 1 aromatic carbocycles. The van der Waals surface area contributed by atoms with Gasteiger partial charge in [-0.3, -0.25) is 14.4 Å². The minimum atomic E-state index is -0.699. The molecule has 0 heterocycles. The average molecular weight is 394 g/mol. The predicted octanol–water partition coefficient (Wildman–Crippen LogP) is 2.48. The first kappa shape index (κ1) is 21.1. The first-order chi connectivity index (χ1) is 12.8. The van der Waals surface area contributed by atoms with E-state index < -0.39 is 24.4 Å². The lowest BCUT2D eigenvalue weighted by Gasteiger charge is -2.27. The summed E-state index contributed by atoms with van der Waals surface area (Å²) in [5, 5.41) is 12.7. The number of fused-ring (bicyclic) bond motifs is 1. The molecule has 1 aliphatic rings. The van der Waals surface area contributed by atoms with Gasteiger partial charge in [-0.2, -0.15) is 0 Å². The molecule has 0 aromatic heterocycles. The number of halogens is 1. The third kappa shape index (κ3) is 4.76. The SMILES string of the molecule is CCC1C(=O)C(C(=O)NCC(=O)OCC(C)C)=C(CO)c2cc(Cl)ccc21. The number of carbonyl (C=O) groups excluding carboxylic acids is 3. The molecular weight excluding hydrogens is 370 g/mol. The van der Waals surface area contributed by atoms with Crippen molar-refractivity contribution in [2.45, 2.75) is 33.1 Å². The van der Waals surface area contributed by atoms with Gasteiger partial charge in [0.15, 0.2) is 5.78 Å². The summed E-state index contributed by atoms with van der Waals surface area (Å²) in [6.07, 6.45) is 0.499. The Labute approximate surface area is 163 Å². The zero-order valence-corrected chi connectivity index (χ0v) is 16.4. The molecular formula is C20H24ClNO5. The minimum absolute atomic E-state index is 0.129. The first-order valence-electron chi connectivity index (χ1n) is 8.91. The number of rotatable bonds is 7. The molecule has 0 saturated carbocycles. The Morgan fingerprint density at radius 2 is 2.04 bits per heavy atom.